The van der Waals surface area contributed by atoms with E-state index in [4.69, 9.17) is 0 Å². The molecule has 1 aliphatic heterocycles. The smallest absolute Gasteiger partial charge is 0.220 e. The van der Waals surface area contributed by atoms with Gasteiger partial charge in [0.15, 0.2) is 0 Å². The van der Waals surface area contributed by atoms with Crippen LogP contribution in [0.25, 0.3) is 0 Å². The predicted octanol–water partition coefficient (Wildman–Crippen LogP) is 0.368. The van der Waals surface area contributed by atoms with Gasteiger partial charge in [-0.25, -0.2) is 0 Å². The van der Waals surface area contributed by atoms with E-state index in [1.807, 2.05) is 7.05 Å². The summed E-state index contributed by atoms with van der Waals surface area (Å²) < 4.78 is 0. The van der Waals surface area contributed by atoms with E-state index >= 15 is 0 Å². The summed E-state index contributed by atoms with van der Waals surface area (Å²) in [5.41, 5.74) is 0. The Bertz CT molecular complexity index is 201. The molecule has 0 spiro atoms. The van der Waals surface area contributed by atoms with Gasteiger partial charge in [0, 0.05) is 13.0 Å². The van der Waals surface area contributed by atoms with Crippen molar-refractivity contribution in [2.75, 3.05) is 20.1 Å². The molecule has 3 nitrogen and oxygen atoms in total. The van der Waals surface area contributed by atoms with Crippen LogP contribution >= 0.6 is 0 Å². The maximum atomic E-state index is 11.1. The summed E-state index contributed by atoms with van der Waals surface area (Å²) in [7, 11) is 2.00. The quantitative estimate of drug-likeness (QED) is 0.659. The van der Waals surface area contributed by atoms with Gasteiger partial charge in [-0.2, -0.15) is 0 Å². The third kappa shape index (κ3) is 2.02. The van der Waals surface area contributed by atoms with Gasteiger partial charge >= 0.3 is 0 Å². The second kappa shape index (κ2) is 3.66. The van der Waals surface area contributed by atoms with Gasteiger partial charge in [-0.3, -0.25) is 4.79 Å². The molecule has 2 fully saturated rings. The number of nitrogens with one attached hydrogen (secondary N) is 2. The molecule has 0 aromatic rings. The van der Waals surface area contributed by atoms with Gasteiger partial charge < -0.3 is 10.6 Å². The minimum absolute atomic E-state index is 0.242. The van der Waals surface area contributed by atoms with Crippen molar-refractivity contribution in [2.45, 2.75) is 19.3 Å². The lowest BCUT2D eigenvalue weighted by Gasteiger charge is -2.21. The van der Waals surface area contributed by atoms with Crippen LogP contribution in [0.4, 0.5) is 0 Å². The van der Waals surface area contributed by atoms with Crippen LogP contribution in [0.15, 0.2) is 0 Å². The summed E-state index contributed by atoms with van der Waals surface area (Å²) in [5.74, 6) is 2.45. The lowest BCUT2D eigenvalue weighted by atomic mass is 9.87. The summed E-state index contributed by atoms with van der Waals surface area (Å²) in [5, 5.41) is 6.17. The molecule has 2 N–H and O–H groups in total. The minimum Gasteiger partial charge on any atom is -0.356 e. The van der Waals surface area contributed by atoms with Gasteiger partial charge in [-0.1, -0.05) is 0 Å². The SMILES string of the molecule is CNCC(C1CC1)C1CNC(=O)C1. The zero-order valence-corrected chi connectivity index (χ0v) is 8.18. The molecule has 1 saturated carbocycles. The predicted molar refractivity (Wildman–Crippen MR) is 51.3 cm³/mol. The molecule has 2 aliphatic rings. The zero-order valence-electron chi connectivity index (χ0n) is 8.18. The van der Waals surface area contributed by atoms with E-state index in [9.17, 15) is 4.79 Å². The number of amides is 1. The van der Waals surface area contributed by atoms with Crippen molar-refractivity contribution in [1.29, 1.82) is 0 Å². The highest BCUT2D eigenvalue weighted by molar-refractivity contribution is 5.78. The Morgan fingerprint density at radius 3 is 2.77 bits per heavy atom. The molecule has 74 valence electrons. The van der Waals surface area contributed by atoms with E-state index in [-0.39, 0.29) is 5.91 Å². The standard InChI is InChI=1S/C10H18N2O/c1-11-6-9(7-2-3-7)8-4-10(13)12-5-8/h7-9,11H,2-6H2,1H3,(H,12,13). The Labute approximate surface area is 79.3 Å². The highest BCUT2D eigenvalue weighted by Crippen LogP contribution is 2.41. The second-order valence-electron chi connectivity index (χ2n) is 4.33. The lowest BCUT2D eigenvalue weighted by Crippen LogP contribution is -2.29. The average Bonchev–Trinajstić information content (AvgIpc) is 2.85. The van der Waals surface area contributed by atoms with Crippen LogP contribution in [0.3, 0.4) is 0 Å². The summed E-state index contributed by atoms with van der Waals surface area (Å²) in [6, 6.07) is 0. The van der Waals surface area contributed by atoms with Crippen molar-refractivity contribution in [3.05, 3.63) is 0 Å². The molecule has 0 radical (unpaired) electrons. The van der Waals surface area contributed by atoms with Crippen molar-refractivity contribution in [3.63, 3.8) is 0 Å². The fraction of sp³-hybridized carbons (Fsp3) is 0.900. The van der Waals surface area contributed by atoms with Crippen LogP contribution in [0.5, 0.6) is 0 Å². The first-order valence-corrected chi connectivity index (χ1v) is 5.22. The largest absolute Gasteiger partial charge is 0.356 e. The van der Waals surface area contributed by atoms with Crippen molar-refractivity contribution >= 4 is 5.91 Å². The Hall–Kier alpha value is -0.570. The Kier molecular flexibility index (Phi) is 2.54. The first-order chi connectivity index (χ1) is 6.31. The Balaban J connectivity index is 1.90. The number of carbonyl (C=O) groups is 1. The molecule has 2 rings (SSSR count). The molecular weight excluding hydrogens is 164 g/mol. The summed E-state index contributed by atoms with van der Waals surface area (Å²) in [6.45, 7) is 1.98. The van der Waals surface area contributed by atoms with Crippen LogP contribution in [-0.4, -0.2) is 26.0 Å². The van der Waals surface area contributed by atoms with Crippen LogP contribution in [0.1, 0.15) is 19.3 Å². The number of rotatable bonds is 4. The molecule has 0 aromatic heterocycles. The second-order valence-corrected chi connectivity index (χ2v) is 4.33. The zero-order chi connectivity index (χ0) is 9.26. The minimum atomic E-state index is 0.242. The summed E-state index contributed by atoms with van der Waals surface area (Å²) in [6.07, 6.45) is 3.50. The highest BCUT2D eigenvalue weighted by Gasteiger charge is 2.38. The third-order valence-electron chi connectivity index (χ3n) is 3.28. The van der Waals surface area contributed by atoms with Crippen LogP contribution < -0.4 is 10.6 Å². The third-order valence-corrected chi connectivity index (χ3v) is 3.28. The average molecular weight is 182 g/mol. The Morgan fingerprint density at radius 1 is 1.54 bits per heavy atom. The molecule has 1 saturated heterocycles. The number of hydrogen-bond acceptors (Lipinski definition) is 2. The normalized spacial score (nSPS) is 30.2. The monoisotopic (exact) mass is 182 g/mol. The maximum Gasteiger partial charge on any atom is 0.220 e. The number of hydrogen-bond donors (Lipinski definition) is 2. The van der Waals surface area contributed by atoms with Gasteiger partial charge in [-0.15, -0.1) is 0 Å². The maximum absolute atomic E-state index is 11.1. The topological polar surface area (TPSA) is 41.1 Å². The molecule has 2 atom stereocenters. The molecule has 1 amide bonds. The van der Waals surface area contributed by atoms with Gasteiger partial charge in [-0.05, 0) is 44.2 Å². The lowest BCUT2D eigenvalue weighted by molar-refractivity contribution is -0.119. The van der Waals surface area contributed by atoms with E-state index in [1.54, 1.807) is 0 Å². The van der Waals surface area contributed by atoms with Crippen LogP contribution in [-0.2, 0) is 4.79 Å². The molecule has 0 aromatic carbocycles. The van der Waals surface area contributed by atoms with Crippen molar-refractivity contribution in [3.8, 4) is 0 Å². The first-order valence-electron chi connectivity index (χ1n) is 5.22. The van der Waals surface area contributed by atoms with Crippen molar-refractivity contribution in [2.24, 2.45) is 17.8 Å². The fourth-order valence-electron chi connectivity index (χ4n) is 2.41. The highest BCUT2D eigenvalue weighted by atomic mass is 16.1. The number of carbonyl (C=O) groups excluding carboxylic acids is 1. The van der Waals surface area contributed by atoms with Gasteiger partial charge in [0.1, 0.15) is 0 Å². The molecule has 3 heteroatoms. The van der Waals surface area contributed by atoms with Gasteiger partial charge in [0.2, 0.25) is 5.91 Å². The fourth-order valence-corrected chi connectivity index (χ4v) is 2.41. The van der Waals surface area contributed by atoms with E-state index in [0.717, 1.165) is 31.3 Å². The van der Waals surface area contributed by atoms with Crippen molar-refractivity contribution in [1.82, 2.24) is 10.6 Å². The summed E-state index contributed by atoms with van der Waals surface area (Å²) in [4.78, 5) is 11.1. The molecule has 1 aliphatic carbocycles. The summed E-state index contributed by atoms with van der Waals surface area (Å²) >= 11 is 0. The molecule has 2 unspecified atom stereocenters. The van der Waals surface area contributed by atoms with Gasteiger partial charge in [0.05, 0.1) is 0 Å². The molecular formula is C10H18N2O. The Morgan fingerprint density at radius 2 is 2.31 bits per heavy atom. The van der Waals surface area contributed by atoms with E-state index < -0.39 is 0 Å². The van der Waals surface area contributed by atoms with Crippen molar-refractivity contribution < 1.29 is 4.79 Å². The first kappa shape index (κ1) is 9.00. The van der Waals surface area contributed by atoms with Crippen LogP contribution in [0.2, 0.25) is 0 Å². The molecule has 0 bridgehead atoms. The van der Waals surface area contributed by atoms with Crippen LogP contribution in [0, 0.1) is 17.8 Å². The van der Waals surface area contributed by atoms with Gasteiger partial charge in [0.25, 0.3) is 0 Å². The molecule has 13 heavy (non-hydrogen) atoms. The molecule has 1 heterocycles. The van der Waals surface area contributed by atoms with E-state index in [0.29, 0.717) is 5.92 Å². The van der Waals surface area contributed by atoms with E-state index in [1.165, 1.54) is 12.8 Å². The van der Waals surface area contributed by atoms with E-state index in [2.05, 4.69) is 10.6 Å².